The Morgan fingerprint density at radius 1 is 1.27 bits per heavy atom. The molecule has 0 amide bonds. The molecule has 11 heavy (non-hydrogen) atoms. The molecule has 6 heteroatoms. The van der Waals surface area contributed by atoms with Crippen LogP contribution in [0.3, 0.4) is 0 Å². The van der Waals surface area contributed by atoms with E-state index >= 15 is 0 Å². The fourth-order valence-corrected chi connectivity index (χ4v) is 1.32. The van der Waals surface area contributed by atoms with Crippen molar-refractivity contribution in [2.45, 2.75) is 20.2 Å². The molecule has 0 saturated carbocycles. The van der Waals surface area contributed by atoms with Gasteiger partial charge in [0.2, 0.25) is 0 Å². The monoisotopic (exact) mass is 190 g/mol. The minimum Gasteiger partial charge on any atom is -0.334 e. The van der Waals surface area contributed by atoms with Gasteiger partial charge in [-0.05, 0) is 6.92 Å². The van der Waals surface area contributed by atoms with E-state index in [-0.39, 0.29) is 12.8 Å². The van der Waals surface area contributed by atoms with Gasteiger partial charge in [-0.25, -0.2) is 4.52 Å². The van der Waals surface area contributed by atoms with Crippen LogP contribution in [0.4, 0.5) is 13.2 Å². The molecule has 0 rings (SSSR count). The zero-order chi connectivity index (χ0) is 8.91. The summed E-state index contributed by atoms with van der Waals surface area (Å²) in [5.74, 6) is 0. The van der Waals surface area contributed by atoms with Gasteiger partial charge in [0.05, 0.1) is 6.61 Å². The first-order chi connectivity index (χ1) is 4.99. The Morgan fingerprint density at radius 2 is 1.82 bits per heavy atom. The van der Waals surface area contributed by atoms with Gasteiger partial charge in [0.15, 0.2) is 8.38 Å². The molecule has 68 valence electrons. The van der Waals surface area contributed by atoms with E-state index < -0.39 is 14.7 Å². The maximum atomic E-state index is 11.5. The van der Waals surface area contributed by atoms with Crippen molar-refractivity contribution < 1.29 is 22.2 Å². The molecule has 0 saturated heterocycles. The summed E-state index contributed by atoms with van der Waals surface area (Å²) in [6, 6.07) is 0. The maximum Gasteiger partial charge on any atom is 0.527 e. The summed E-state index contributed by atoms with van der Waals surface area (Å²) in [4.78, 5) is 0. The van der Waals surface area contributed by atoms with Crippen molar-refractivity contribution in [2.75, 3.05) is 12.8 Å². The summed E-state index contributed by atoms with van der Waals surface area (Å²) in [5.41, 5.74) is 0. The Labute approximate surface area is 64.6 Å². The molecule has 0 aromatic carbocycles. The van der Waals surface area contributed by atoms with Crippen LogP contribution in [0.5, 0.6) is 0 Å². The first-order valence-electron chi connectivity index (χ1n) is 3.16. The minimum absolute atomic E-state index is 0.246. The molecule has 0 bridgehead atoms. The van der Waals surface area contributed by atoms with Gasteiger partial charge in [-0.3, -0.25) is 0 Å². The molecule has 0 aliphatic heterocycles. The van der Waals surface area contributed by atoms with Crippen LogP contribution in [0, 0.1) is 0 Å². The smallest absolute Gasteiger partial charge is 0.334 e. The quantitative estimate of drug-likeness (QED) is 0.634. The lowest BCUT2D eigenvalue weighted by Gasteiger charge is -2.15. The molecule has 0 heterocycles. The SMILES string of the molecule is CCOP(CC)OC(F)(F)F. The second kappa shape index (κ2) is 4.91. The van der Waals surface area contributed by atoms with Crippen LogP contribution in [-0.4, -0.2) is 19.1 Å². The van der Waals surface area contributed by atoms with E-state index in [2.05, 4.69) is 9.05 Å². The second-order valence-corrected chi connectivity index (χ2v) is 3.34. The summed E-state index contributed by atoms with van der Waals surface area (Å²) >= 11 is 0. The van der Waals surface area contributed by atoms with Gasteiger partial charge in [0.1, 0.15) is 0 Å². The molecule has 0 fully saturated rings. The third-order valence-electron chi connectivity index (χ3n) is 0.737. The molecule has 0 aromatic rings. The average molecular weight is 190 g/mol. The van der Waals surface area contributed by atoms with Crippen molar-refractivity contribution in [1.82, 2.24) is 0 Å². The Hall–Kier alpha value is 0.140. The first-order valence-corrected chi connectivity index (χ1v) is 4.52. The highest BCUT2D eigenvalue weighted by Gasteiger charge is 2.33. The van der Waals surface area contributed by atoms with Crippen LogP contribution in [0.25, 0.3) is 0 Å². The molecule has 0 aliphatic rings. The molecule has 1 atom stereocenters. The largest absolute Gasteiger partial charge is 0.527 e. The molecule has 0 radical (unpaired) electrons. The topological polar surface area (TPSA) is 18.5 Å². The van der Waals surface area contributed by atoms with Gasteiger partial charge in [-0.2, -0.15) is 0 Å². The van der Waals surface area contributed by atoms with Gasteiger partial charge < -0.3 is 4.52 Å². The zero-order valence-corrected chi connectivity index (χ0v) is 7.21. The number of rotatable bonds is 4. The van der Waals surface area contributed by atoms with Gasteiger partial charge in [0, 0.05) is 6.16 Å². The van der Waals surface area contributed by atoms with E-state index in [4.69, 9.17) is 0 Å². The Bertz CT molecular complexity index is 106. The summed E-state index contributed by atoms with van der Waals surface area (Å²) in [5, 5.41) is 0. The Morgan fingerprint density at radius 3 is 2.09 bits per heavy atom. The summed E-state index contributed by atoms with van der Waals surface area (Å²) in [6.07, 6.45) is -4.32. The van der Waals surface area contributed by atoms with Crippen LogP contribution in [0.2, 0.25) is 0 Å². The summed E-state index contributed by atoms with van der Waals surface area (Å²) < 4.78 is 42.9. The van der Waals surface area contributed by atoms with Crippen molar-refractivity contribution in [3.8, 4) is 0 Å². The molecular formula is C5H10F3O2P. The fourth-order valence-electron chi connectivity index (χ4n) is 0.442. The van der Waals surface area contributed by atoms with E-state index in [1.165, 1.54) is 0 Å². The van der Waals surface area contributed by atoms with E-state index in [0.29, 0.717) is 0 Å². The van der Waals surface area contributed by atoms with E-state index in [1.807, 2.05) is 0 Å². The molecule has 0 N–H and O–H groups in total. The lowest BCUT2D eigenvalue weighted by Crippen LogP contribution is -2.11. The van der Waals surface area contributed by atoms with Crippen molar-refractivity contribution in [1.29, 1.82) is 0 Å². The Balaban J connectivity index is 3.68. The lowest BCUT2D eigenvalue weighted by atomic mass is 10.9. The lowest BCUT2D eigenvalue weighted by molar-refractivity contribution is -0.274. The highest BCUT2D eigenvalue weighted by molar-refractivity contribution is 7.47. The van der Waals surface area contributed by atoms with Crippen LogP contribution in [0.1, 0.15) is 13.8 Å². The third kappa shape index (κ3) is 6.53. The predicted octanol–water partition coefficient (Wildman–Crippen LogP) is 2.89. The number of hydrogen-bond donors (Lipinski definition) is 0. The molecule has 0 aromatic heterocycles. The first kappa shape index (κ1) is 11.1. The Kier molecular flexibility index (Phi) is 4.97. The third-order valence-corrected chi connectivity index (χ3v) is 2.21. The van der Waals surface area contributed by atoms with Crippen LogP contribution < -0.4 is 0 Å². The second-order valence-electron chi connectivity index (χ2n) is 1.60. The molecule has 2 nitrogen and oxygen atoms in total. The van der Waals surface area contributed by atoms with E-state index in [1.54, 1.807) is 13.8 Å². The average Bonchev–Trinajstić information content (AvgIpc) is 1.84. The van der Waals surface area contributed by atoms with E-state index in [9.17, 15) is 13.2 Å². The number of alkyl halides is 3. The molecule has 1 unspecified atom stereocenters. The summed E-state index contributed by atoms with van der Waals surface area (Å²) in [7, 11) is -1.77. The normalized spacial score (nSPS) is 15.0. The van der Waals surface area contributed by atoms with Gasteiger partial charge >= 0.3 is 6.36 Å². The number of hydrogen-bond acceptors (Lipinski definition) is 2. The van der Waals surface area contributed by atoms with Crippen molar-refractivity contribution in [3.05, 3.63) is 0 Å². The van der Waals surface area contributed by atoms with Crippen molar-refractivity contribution >= 4 is 8.38 Å². The fraction of sp³-hybridized carbons (Fsp3) is 1.00. The predicted molar refractivity (Wildman–Crippen MR) is 36.2 cm³/mol. The van der Waals surface area contributed by atoms with Gasteiger partial charge in [-0.1, -0.05) is 6.92 Å². The van der Waals surface area contributed by atoms with Gasteiger partial charge in [-0.15, -0.1) is 13.2 Å². The van der Waals surface area contributed by atoms with Crippen LogP contribution in [0.15, 0.2) is 0 Å². The molecular weight excluding hydrogens is 180 g/mol. The zero-order valence-electron chi connectivity index (χ0n) is 6.31. The maximum absolute atomic E-state index is 11.5. The summed E-state index contributed by atoms with van der Waals surface area (Å²) in [6.45, 7) is 3.47. The molecule has 0 aliphatic carbocycles. The van der Waals surface area contributed by atoms with Gasteiger partial charge in [0.25, 0.3) is 0 Å². The van der Waals surface area contributed by atoms with Crippen molar-refractivity contribution in [2.24, 2.45) is 0 Å². The minimum atomic E-state index is -4.57. The van der Waals surface area contributed by atoms with Crippen molar-refractivity contribution in [3.63, 3.8) is 0 Å². The highest BCUT2D eigenvalue weighted by atomic mass is 31.2. The molecule has 0 spiro atoms. The highest BCUT2D eigenvalue weighted by Crippen LogP contribution is 2.43. The van der Waals surface area contributed by atoms with Crippen LogP contribution >= 0.6 is 8.38 Å². The van der Waals surface area contributed by atoms with Crippen LogP contribution in [-0.2, 0) is 9.05 Å². The van der Waals surface area contributed by atoms with E-state index in [0.717, 1.165) is 0 Å². The standard InChI is InChI=1S/C5H10F3O2P/c1-3-9-11(4-2)10-5(6,7)8/h3-4H2,1-2H3. The number of halogens is 3.